The lowest BCUT2D eigenvalue weighted by atomic mass is 10.1. The topological polar surface area (TPSA) is 52.6 Å². The van der Waals surface area contributed by atoms with Crippen molar-refractivity contribution in [1.29, 1.82) is 0 Å². The Kier molecular flexibility index (Phi) is 18.2. The molecular weight excluding hydrogens is 377 g/mol. The molecule has 1 aromatic rings. The summed E-state index contributed by atoms with van der Waals surface area (Å²) in [4.78, 5) is 24.7. The standard InChI is InChI=1S/C24H38O4.Mg/c1-3-5-7-9-11-15-19-27-23(25)21-17-13-14-18-22(21)24(26)28-20-16-12-10-8-6-4-2;/h13-14,17-18H,3-12,15-16,19-20H2,1-2H3;. The van der Waals surface area contributed by atoms with E-state index in [4.69, 9.17) is 9.47 Å². The van der Waals surface area contributed by atoms with Crippen LogP contribution in [0.4, 0.5) is 0 Å². The first kappa shape index (κ1) is 27.9. The van der Waals surface area contributed by atoms with Gasteiger partial charge in [0.2, 0.25) is 0 Å². The smallest absolute Gasteiger partial charge is 0.339 e. The van der Waals surface area contributed by atoms with Crippen molar-refractivity contribution >= 4 is 35.0 Å². The molecule has 1 aromatic carbocycles. The van der Waals surface area contributed by atoms with Gasteiger partial charge in [0.05, 0.1) is 24.3 Å². The fourth-order valence-corrected chi connectivity index (χ4v) is 3.09. The molecule has 0 N–H and O–H groups in total. The predicted molar refractivity (Wildman–Crippen MR) is 120 cm³/mol. The molecule has 0 aliphatic carbocycles. The molecule has 0 amide bonds. The maximum absolute atomic E-state index is 12.4. The summed E-state index contributed by atoms with van der Waals surface area (Å²) in [7, 11) is 0. The van der Waals surface area contributed by atoms with Crippen LogP contribution in [0, 0.1) is 0 Å². The first-order valence-electron chi connectivity index (χ1n) is 11.1. The van der Waals surface area contributed by atoms with E-state index < -0.39 is 11.9 Å². The van der Waals surface area contributed by atoms with Gasteiger partial charge in [-0.15, -0.1) is 0 Å². The summed E-state index contributed by atoms with van der Waals surface area (Å²) in [5.41, 5.74) is 0.586. The van der Waals surface area contributed by atoms with Crippen molar-refractivity contribution in [3.8, 4) is 0 Å². The third kappa shape index (κ3) is 13.0. The van der Waals surface area contributed by atoms with E-state index in [0.717, 1.165) is 25.7 Å². The molecule has 0 aromatic heterocycles. The van der Waals surface area contributed by atoms with E-state index in [-0.39, 0.29) is 23.1 Å². The summed E-state index contributed by atoms with van der Waals surface area (Å²) in [5, 5.41) is 0. The van der Waals surface area contributed by atoms with Gasteiger partial charge in [0.1, 0.15) is 0 Å². The molecule has 0 saturated carbocycles. The fourth-order valence-electron chi connectivity index (χ4n) is 3.09. The molecule has 160 valence electrons. The monoisotopic (exact) mass is 414 g/mol. The van der Waals surface area contributed by atoms with Crippen LogP contribution in [0.15, 0.2) is 24.3 Å². The van der Waals surface area contributed by atoms with E-state index in [1.54, 1.807) is 24.3 Å². The summed E-state index contributed by atoms with van der Waals surface area (Å²) in [5.74, 6) is -0.888. The number of carbonyl (C=O) groups is 2. The van der Waals surface area contributed by atoms with Gasteiger partial charge in [0.15, 0.2) is 0 Å². The molecule has 4 nitrogen and oxygen atoms in total. The van der Waals surface area contributed by atoms with Gasteiger partial charge in [0, 0.05) is 23.1 Å². The van der Waals surface area contributed by atoms with E-state index in [2.05, 4.69) is 13.8 Å². The number of hydrogen-bond donors (Lipinski definition) is 0. The predicted octanol–water partition coefficient (Wildman–Crippen LogP) is 6.34. The average Bonchev–Trinajstić information content (AvgIpc) is 2.72. The molecule has 2 radical (unpaired) electrons. The summed E-state index contributed by atoms with van der Waals surface area (Å²) < 4.78 is 10.7. The molecule has 0 saturated heterocycles. The number of hydrogen-bond acceptors (Lipinski definition) is 4. The number of rotatable bonds is 16. The number of carbonyl (C=O) groups excluding carboxylic acids is 2. The molecule has 5 heteroatoms. The van der Waals surface area contributed by atoms with Gasteiger partial charge in [-0.2, -0.15) is 0 Å². The Bertz CT molecular complexity index is 511. The summed E-state index contributed by atoms with van der Waals surface area (Å²) in [6, 6.07) is 6.74. The van der Waals surface area contributed by atoms with Crippen LogP contribution >= 0.6 is 0 Å². The Labute approximate surface area is 193 Å². The molecule has 0 aliphatic heterocycles. The van der Waals surface area contributed by atoms with Crippen molar-refractivity contribution in [2.75, 3.05) is 13.2 Å². The Morgan fingerprint density at radius 1 is 0.621 bits per heavy atom. The lowest BCUT2D eigenvalue weighted by Crippen LogP contribution is -2.15. The molecule has 29 heavy (non-hydrogen) atoms. The lowest BCUT2D eigenvalue weighted by molar-refractivity contribution is 0.0450. The molecule has 0 fully saturated rings. The van der Waals surface area contributed by atoms with Crippen LogP contribution in [0.5, 0.6) is 0 Å². The van der Waals surface area contributed by atoms with Gasteiger partial charge < -0.3 is 9.47 Å². The van der Waals surface area contributed by atoms with E-state index in [1.165, 1.54) is 51.4 Å². The zero-order chi connectivity index (χ0) is 20.5. The minimum atomic E-state index is -0.444. The highest BCUT2D eigenvalue weighted by Crippen LogP contribution is 2.14. The van der Waals surface area contributed by atoms with Gasteiger partial charge in [0.25, 0.3) is 0 Å². The van der Waals surface area contributed by atoms with E-state index in [0.29, 0.717) is 24.3 Å². The summed E-state index contributed by atoms with van der Waals surface area (Å²) in [6.45, 7) is 5.17. The van der Waals surface area contributed by atoms with Crippen molar-refractivity contribution in [2.24, 2.45) is 0 Å². The van der Waals surface area contributed by atoms with Crippen molar-refractivity contribution in [2.45, 2.75) is 90.9 Å². The summed E-state index contributed by atoms with van der Waals surface area (Å²) in [6.07, 6.45) is 13.6. The van der Waals surface area contributed by atoms with Gasteiger partial charge in [-0.05, 0) is 25.0 Å². The van der Waals surface area contributed by atoms with E-state index >= 15 is 0 Å². The zero-order valence-corrected chi connectivity index (χ0v) is 20.0. The zero-order valence-electron chi connectivity index (χ0n) is 18.5. The van der Waals surface area contributed by atoms with Crippen LogP contribution in [-0.4, -0.2) is 48.2 Å². The minimum Gasteiger partial charge on any atom is -0.462 e. The second-order valence-electron chi connectivity index (χ2n) is 7.35. The van der Waals surface area contributed by atoms with Gasteiger partial charge in [-0.1, -0.05) is 90.2 Å². The molecule has 0 heterocycles. The van der Waals surface area contributed by atoms with Crippen molar-refractivity contribution in [1.82, 2.24) is 0 Å². The van der Waals surface area contributed by atoms with Crippen LogP contribution in [0.1, 0.15) is 112 Å². The van der Waals surface area contributed by atoms with Crippen LogP contribution in [-0.2, 0) is 9.47 Å². The Hall–Kier alpha value is -1.07. The molecule has 0 atom stereocenters. The normalized spacial score (nSPS) is 10.3. The third-order valence-electron chi connectivity index (χ3n) is 4.83. The highest BCUT2D eigenvalue weighted by Gasteiger charge is 2.18. The van der Waals surface area contributed by atoms with Crippen molar-refractivity contribution in [3.63, 3.8) is 0 Å². The van der Waals surface area contributed by atoms with Crippen molar-refractivity contribution in [3.05, 3.63) is 35.4 Å². The molecule has 0 bridgehead atoms. The SMILES string of the molecule is CCCCCCCCOC(=O)c1ccccc1C(=O)OCCCCCCCC.[Mg]. The largest absolute Gasteiger partial charge is 0.462 e. The highest BCUT2D eigenvalue weighted by molar-refractivity contribution is 6.03. The maximum Gasteiger partial charge on any atom is 0.339 e. The fraction of sp³-hybridized carbons (Fsp3) is 0.667. The average molecular weight is 415 g/mol. The van der Waals surface area contributed by atoms with Gasteiger partial charge >= 0.3 is 11.9 Å². The van der Waals surface area contributed by atoms with Gasteiger partial charge in [-0.25, -0.2) is 9.59 Å². The first-order valence-corrected chi connectivity index (χ1v) is 11.1. The number of benzene rings is 1. The first-order chi connectivity index (χ1) is 13.7. The molecule has 1 rings (SSSR count). The molecule has 0 unspecified atom stereocenters. The maximum atomic E-state index is 12.4. The van der Waals surface area contributed by atoms with Crippen LogP contribution in [0.25, 0.3) is 0 Å². The minimum absolute atomic E-state index is 0. The Morgan fingerprint density at radius 2 is 0.966 bits per heavy atom. The second kappa shape index (κ2) is 18.9. The Balaban J connectivity index is 0.00000784. The second-order valence-corrected chi connectivity index (χ2v) is 7.35. The van der Waals surface area contributed by atoms with Gasteiger partial charge in [-0.3, -0.25) is 0 Å². The van der Waals surface area contributed by atoms with Crippen LogP contribution < -0.4 is 0 Å². The molecule has 0 spiro atoms. The number of esters is 2. The lowest BCUT2D eigenvalue weighted by Gasteiger charge is -2.10. The molecule has 0 aliphatic rings. The number of unbranched alkanes of at least 4 members (excludes halogenated alkanes) is 10. The number of ether oxygens (including phenoxy) is 2. The van der Waals surface area contributed by atoms with E-state index in [1.807, 2.05) is 0 Å². The van der Waals surface area contributed by atoms with Crippen molar-refractivity contribution < 1.29 is 19.1 Å². The Morgan fingerprint density at radius 3 is 1.34 bits per heavy atom. The third-order valence-corrected chi connectivity index (χ3v) is 4.83. The quantitative estimate of drug-likeness (QED) is 0.180. The molecular formula is C24H38MgO4. The highest BCUT2D eigenvalue weighted by atomic mass is 24.3. The summed E-state index contributed by atoms with van der Waals surface area (Å²) >= 11 is 0. The van der Waals surface area contributed by atoms with E-state index in [9.17, 15) is 9.59 Å². The van der Waals surface area contributed by atoms with Crippen LogP contribution in [0.2, 0.25) is 0 Å². The van der Waals surface area contributed by atoms with Crippen LogP contribution in [0.3, 0.4) is 0 Å².